The Morgan fingerprint density at radius 2 is 1.84 bits per heavy atom. The number of hydrogen-bond acceptors (Lipinski definition) is 5. The molecule has 3 unspecified atom stereocenters. The van der Waals surface area contributed by atoms with Crippen molar-refractivity contribution < 1.29 is 24.3 Å². The lowest BCUT2D eigenvalue weighted by Gasteiger charge is -2.22. The highest BCUT2D eigenvalue weighted by atomic mass is 16.4. The van der Waals surface area contributed by atoms with Crippen molar-refractivity contribution in [3.63, 3.8) is 0 Å². The molecule has 0 radical (unpaired) electrons. The van der Waals surface area contributed by atoms with E-state index in [4.69, 9.17) is 10.8 Å². The maximum atomic E-state index is 12.1. The molecule has 0 aromatic rings. The fourth-order valence-electron chi connectivity index (χ4n) is 2.74. The molecule has 1 heterocycles. The van der Waals surface area contributed by atoms with Gasteiger partial charge in [0.2, 0.25) is 17.7 Å². The zero-order chi connectivity index (χ0) is 19.1. The Labute approximate surface area is 147 Å². The van der Waals surface area contributed by atoms with Gasteiger partial charge in [-0.1, -0.05) is 13.8 Å². The Hall–Kier alpha value is -2.16. The van der Waals surface area contributed by atoms with Crippen molar-refractivity contribution in [2.24, 2.45) is 11.7 Å². The molecule has 142 valence electrons. The standard InChI is InChI=1S/C16H28N4O5/c1-9(2)7-11(17)15(23)19-10(3)14(22)18-8-13(21)20-6-4-5-12(20)16(24)25/h9-12H,4-8,17H2,1-3H3,(H,18,22)(H,19,23)(H,24,25). The molecule has 9 nitrogen and oxygen atoms in total. The van der Waals surface area contributed by atoms with Gasteiger partial charge in [-0.3, -0.25) is 14.4 Å². The molecule has 0 saturated carbocycles. The maximum Gasteiger partial charge on any atom is 0.326 e. The largest absolute Gasteiger partial charge is 0.480 e. The first-order chi connectivity index (χ1) is 11.6. The molecular weight excluding hydrogens is 328 g/mol. The number of aliphatic carboxylic acids is 1. The Bertz CT molecular complexity index is 523. The SMILES string of the molecule is CC(C)CC(N)C(=O)NC(C)C(=O)NCC(=O)N1CCCC1C(=O)O. The average Bonchev–Trinajstić information content (AvgIpc) is 3.01. The van der Waals surface area contributed by atoms with Crippen LogP contribution in [0.25, 0.3) is 0 Å². The van der Waals surface area contributed by atoms with E-state index in [1.807, 2.05) is 13.8 Å². The quantitative estimate of drug-likeness (QED) is 0.442. The normalized spacial score (nSPS) is 19.4. The monoisotopic (exact) mass is 356 g/mol. The Morgan fingerprint density at radius 3 is 2.40 bits per heavy atom. The van der Waals surface area contributed by atoms with Crippen LogP contribution in [0.3, 0.4) is 0 Å². The number of carboxylic acid groups (broad SMARTS) is 1. The number of nitrogens with one attached hydrogen (secondary N) is 2. The predicted molar refractivity (Wildman–Crippen MR) is 90.4 cm³/mol. The van der Waals surface area contributed by atoms with Crippen LogP contribution in [0, 0.1) is 5.92 Å². The summed E-state index contributed by atoms with van der Waals surface area (Å²) in [6, 6.07) is -2.37. The summed E-state index contributed by atoms with van der Waals surface area (Å²) in [7, 11) is 0. The van der Waals surface area contributed by atoms with Crippen LogP contribution in [0.15, 0.2) is 0 Å². The summed E-state index contributed by atoms with van der Waals surface area (Å²) in [6.07, 6.45) is 1.54. The van der Waals surface area contributed by atoms with Gasteiger partial charge in [0.25, 0.3) is 0 Å². The summed E-state index contributed by atoms with van der Waals surface area (Å²) < 4.78 is 0. The number of carbonyl (C=O) groups excluding carboxylic acids is 3. The van der Waals surface area contributed by atoms with Gasteiger partial charge in [0.05, 0.1) is 12.6 Å². The van der Waals surface area contributed by atoms with Gasteiger partial charge in [-0.2, -0.15) is 0 Å². The highest BCUT2D eigenvalue weighted by Crippen LogP contribution is 2.17. The third kappa shape index (κ3) is 6.33. The second kappa shape index (κ2) is 9.36. The lowest BCUT2D eigenvalue weighted by atomic mass is 10.0. The van der Waals surface area contributed by atoms with E-state index in [0.29, 0.717) is 25.8 Å². The zero-order valence-electron chi connectivity index (χ0n) is 14.9. The number of rotatable bonds is 8. The first-order valence-electron chi connectivity index (χ1n) is 8.49. The Balaban J connectivity index is 2.44. The molecular formula is C16H28N4O5. The summed E-state index contributed by atoms with van der Waals surface area (Å²) >= 11 is 0. The maximum absolute atomic E-state index is 12.1. The van der Waals surface area contributed by atoms with Crippen LogP contribution in [-0.4, -0.2) is 64.9 Å². The van der Waals surface area contributed by atoms with E-state index in [-0.39, 0.29) is 12.5 Å². The van der Waals surface area contributed by atoms with Crippen LogP contribution in [0.2, 0.25) is 0 Å². The molecule has 1 saturated heterocycles. The number of carboxylic acids is 1. The lowest BCUT2D eigenvalue weighted by Crippen LogP contribution is -2.52. The van der Waals surface area contributed by atoms with Gasteiger partial charge in [0.15, 0.2) is 0 Å². The minimum absolute atomic E-state index is 0.255. The minimum Gasteiger partial charge on any atom is -0.480 e. The molecule has 1 fully saturated rings. The van der Waals surface area contributed by atoms with Gasteiger partial charge in [0, 0.05) is 6.54 Å². The molecule has 3 atom stereocenters. The Morgan fingerprint density at radius 1 is 1.20 bits per heavy atom. The van der Waals surface area contributed by atoms with E-state index in [1.54, 1.807) is 0 Å². The van der Waals surface area contributed by atoms with Crippen LogP contribution < -0.4 is 16.4 Å². The van der Waals surface area contributed by atoms with Crippen molar-refractivity contribution in [1.82, 2.24) is 15.5 Å². The molecule has 1 aliphatic rings. The fraction of sp³-hybridized carbons (Fsp3) is 0.750. The second-order valence-electron chi connectivity index (χ2n) is 6.77. The number of hydrogen-bond donors (Lipinski definition) is 4. The summed E-state index contributed by atoms with van der Waals surface area (Å²) in [5.74, 6) is -2.19. The lowest BCUT2D eigenvalue weighted by molar-refractivity contribution is -0.148. The molecule has 3 amide bonds. The van der Waals surface area contributed by atoms with E-state index < -0.39 is 41.8 Å². The highest BCUT2D eigenvalue weighted by molar-refractivity contribution is 5.92. The van der Waals surface area contributed by atoms with Gasteiger partial charge in [-0.15, -0.1) is 0 Å². The highest BCUT2D eigenvalue weighted by Gasteiger charge is 2.34. The molecule has 0 aliphatic carbocycles. The van der Waals surface area contributed by atoms with Gasteiger partial charge in [-0.25, -0.2) is 4.79 Å². The average molecular weight is 356 g/mol. The molecule has 5 N–H and O–H groups in total. The number of nitrogens with two attached hydrogens (primary N) is 1. The number of nitrogens with zero attached hydrogens (tertiary/aromatic N) is 1. The summed E-state index contributed by atoms with van der Waals surface area (Å²) in [4.78, 5) is 48.3. The van der Waals surface area contributed by atoms with Gasteiger partial charge in [-0.05, 0) is 32.1 Å². The summed E-state index contributed by atoms with van der Waals surface area (Å²) in [6.45, 7) is 5.44. The van der Waals surface area contributed by atoms with Crippen LogP contribution in [-0.2, 0) is 19.2 Å². The molecule has 0 spiro atoms. The van der Waals surface area contributed by atoms with E-state index in [1.165, 1.54) is 11.8 Å². The van der Waals surface area contributed by atoms with Crippen molar-refractivity contribution in [2.75, 3.05) is 13.1 Å². The van der Waals surface area contributed by atoms with Crippen LogP contribution in [0.5, 0.6) is 0 Å². The second-order valence-corrected chi connectivity index (χ2v) is 6.77. The summed E-state index contributed by atoms with van der Waals surface area (Å²) in [5.41, 5.74) is 5.75. The third-order valence-electron chi connectivity index (χ3n) is 4.09. The first-order valence-corrected chi connectivity index (χ1v) is 8.49. The number of carbonyl (C=O) groups is 4. The van der Waals surface area contributed by atoms with Crippen LogP contribution >= 0.6 is 0 Å². The molecule has 1 rings (SSSR count). The molecule has 25 heavy (non-hydrogen) atoms. The van der Waals surface area contributed by atoms with E-state index in [0.717, 1.165) is 0 Å². The van der Waals surface area contributed by atoms with Crippen LogP contribution in [0.4, 0.5) is 0 Å². The summed E-state index contributed by atoms with van der Waals surface area (Å²) in [5, 5.41) is 14.0. The molecule has 0 bridgehead atoms. The van der Waals surface area contributed by atoms with Gasteiger partial charge >= 0.3 is 5.97 Å². The topological polar surface area (TPSA) is 142 Å². The molecule has 1 aliphatic heterocycles. The zero-order valence-corrected chi connectivity index (χ0v) is 14.9. The van der Waals surface area contributed by atoms with Crippen molar-refractivity contribution >= 4 is 23.7 Å². The van der Waals surface area contributed by atoms with E-state index in [2.05, 4.69) is 10.6 Å². The predicted octanol–water partition coefficient (Wildman–Crippen LogP) is -0.944. The molecule has 0 aromatic heterocycles. The van der Waals surface area contributed by atoms with Crippen molar-refractivity contribution in [3.05, 3.63) is 0 Å². The molecule has 0 aromatic carbocycles. The van der Waals surface area contributed by atoms with Crippen LogP contribution in [0.1, 0.15) is 40.0 Å². The first kappa shape index (κ1) is 20.9. The van der Waals surface area contributed by atoms with Crippen molar-refractivity contribution in [2.45, 2.75) is 58.2 Å². The molecule has 9 heteroatoms. The fourth-order valence-corrected chi connectivity index (χ4v) is 2.74. The number of likely N-dealkylation sites (tertiary alicyclic amines) is 1. The smallest absolute Gasteiger partial charge is 0.326 e. The van der Waals surface area contributed by atoms with Crippen molar-refractivity contribution in [3.8, 4) is 0 Å². The van der Waals surface area contributed by atoms with Gasteiger partial charge < -0.3 is 26.4 Å². The van der Waals surface area contributed by atoms with E-state index >= 15 is 0 Å². The van der Waals surface area contributed by atoms with Gasteiger partial charge in [0.1, 0.15) is 12.1 Å². The number of amides is 3. The third-order valence-corrected chi connectivity index (χ3v) is 4.09. The van der Waals surface area contributed by atoms with E-state index in [9.17, 15) is 19.2 Å². The Kier molecular flexibility index (Phi) is 7.82. The minimum atomic E-state index is -1.04. The van der Waals surface area contributed by atoms with Crippen molar-refractivity contribution in [1.29, 1.82) is 0 Å².